The van der Waals surface area contributed by atoms with Gasteiger partial charge >= 0.3 is 0 Å². The lowest BCUT2D eigenvalue weighted by Crippen LogP contribution is -2.52. The molecule has 0 aromatic rings. The summed E-state index contributed by atoms with van der Waals surface area (Å²) in [5.74, 6) is 5.05. The van der Waals surface area contributed by atoms with Crippen molar-refractivity contribution in [3.63, 3.8) is 0 Å². The number of fused-ring (bicyclic) bond motifs is 5. The first-order valence-corrected chi connectivity index (χ1v) is 17.2. The molecule has 0 amide bonds. The summed E-state index contributed by atoms with van der Waals surface area (Å²) < 4.78 is 17.7. The van der Waals surface area contributed by atoms with E-state index in [0.29, 0.717) is 16.4 Å². The van der Waals surface area contributed by atoms with E-state index in [1.165, 1.54) is 51.4 Å². The number of likely N-dealkylation sites (N-methyl/N-ethyl adjacent to an activating group) is 1. The number of hydrogen-bond donors (Lipinski definition) is 1. The van der Waals surface area contributed by atoms with E-state index < -0.39 is 13.9 Å². The summed E-state index contributed by atoms with van der Waals surface area (Å²) in [4.78, 5) is 21.3. The van der Waals surface area contributed by atoms with Gasteiger partial charge in [-0.25, -0.2) is 0 Å². The molecule has 5 nitrogen and oxygen atoms in total. The van der Waals surface area contributed by atoms with Crippen LogP contribution < -0.4 is 4.89 Å². The Labute approximate surface area is 234 Å². The molecule has 10 atom stereocenters. The van der Waals surface area contributed by atoms with Crippen LogP contribution in [0.2, 0.25) is 0 Å². The van der Waals surface area contributed by atoms with E-state index in [4.69, 9.17) is 4.52 Å². The third-order valence-electron chi connectivity index (χ3n) is 11.9. The summed E-state index contributed by atoms with van der Waals surface area (Å²) in [6, 6.07) is 0. The van der Waals surface area contributed by atoms with Gasteiger partial charge in [0.2, 0.25) is 0 Å². The predicted molar refractivity (Wildman–Crippen MR) is 154 cm³/mol. The van der Waals surface area contributed by atoms with E-state index in [0.717, 1.165) is 54.8 Å². The molecule has 4 rings (SSSR count). The fourth-order valence-electron chi connectivity index (χ4n) is 10.0. The zero-order valence-corrected chi connectivity index (χ0v) is 26.6. The number of nitrogens with zero attached hydrogens (tertiary/aromatic N) is 1. The van der Waals surface area contributed by atoms with Crippen LogP contribution in [0.25, 0.3) is 0 Å². The molecule has 6 heteroatoms. The van der Waals surface area contributed by atoms with Crippen LogP contribution in [0.4, 0.5) is 0 Å². The molecule has 0 saturated heterocycles. The number of quaternary nitrogens is 1. The standard InChI is InChI=1S/C32H58NO4P/c1-22(2)10-9-11-23(3)27-14-15-28-26-13-12-25-20-24(30(21-33(6,7)8)37-38(34,35)36)16-18-31(25,4)29(26)17-19-32(27,28)5/h12,22-24,26-30H,9-11,13-21H2,1-8H3,(H-,34,35,36)/t23-,24?,26?,27-,28?,29?,30?,31+,32-/m1/s1. The van der Waals surface area contributed by atoms with Crippen molar-refractivity contribution >= 4 is 7.82 Å². The molecule has 0 spiro atoms. The second-order valence-electron chi connectivity index (χ2n) is 15.9. The fourth-order valence-corrected chi connectivity index (χ4v) is 10.6. The lowest BCUT2D eigenvalue weighted by Gasteiger charge is -2.59. The number of hydrogen-bond acceptors (Lipinski definition) is 3. The van der Waals surface area contributed by atoms with E-state index in [9.17, 15) is 14.4 Å². The molecule has 0 aromatic carbocycles. The quantitative estimate of drug-likeness (QED) is 0.177. The smallest absolute Gasteiger partial charge is 0.265 e. The zero-order valence-electron chi connectivity index (χ0n) is 25.7. The summed E-state index contributed by atoms with van der Waals surface area (Å²) in [5.41, 5.74) is 2.27. The minimum absolute atomic E-state index is 0.133. The number of phosphoric ester groups is 1. The SMILES string of the molecule is CC(C)CCC[C@@H](C)[C@H]1CCC2C3CC=C4CC(C(C[N+](C)(C)C)OP(=O)([O-])O)CC[C@]4(C)C3CC[C@@]21C. The van der Waals surface area contributed by atoms with Gasteiger partial charge in [0.25, 0.3) is 7.82 Å². The van der Waals surface area contributed by atoms with E-state index in [1.54, 1.807) is 5.57 Å². The first-order valence-electron chi connectivity index (χ1n) is 15.8. The van der Waals surface area contributed by atoms with Crippen molar-refractivity contribution in [1.29, 1.82) is 0 Å². The fraction of sp³-hybridized carbons (Fsp3) is 0.938. The Hall–Kier alpha value is -0.190. The highest BCUT2D eigenvalue weighted by Gasteiger charge is 2.59. The summed E-state index contributed by atoms with van der Waals surface area (Å²) in [5, 5.41) is 0. The molecule has 4 aliphatic carbocycles. The second-order valence-corrected chi connectivity index (χ2v) is 17.0. The lowest BCUT2D eigenvalue weighted by atomic mass is 9.46. The molecule has 6 unspecified atom stereocenters. The molecule has 3 saturated carbocycles. The van der Waals surface area contributed by atoms with Gasteiger partial charge in [0.1, 0.15) is 12.6 Å². The summed E-state index contributed by atoms with van der Waals surface area (Å²) in [7, 11) is 1.39. The van der Waals surface area contributed by atoms with Crippen molar-refractivity contribution in [1.82, 2.24) is 0 Å². The summed E-state index contributed by atoms with van der Waals surface area (Å²) in [6.45, 7) is 13.0. The van der Waals surface area contributed by atoms with Gasteiger partial charge in [-0.3, -0.25) is 4.57 Å². The van der Waals surface area contributed by atoms with Gasteiger partial charge in [-0.15, -0.1) is 0 Å². The van der Waals surface area contributed by atoms with Crippen molar-refractivity contribution in [3.05, 3.63) is 11.6 Å². The molecular weight excluding hydrogens is 493 g/mol. The number of phosphoric acid groups is 1. The summed E-state index contributed by atoms with van der Waals surface area (Å²) >= 11 is 0. The Balaban J connectivity index is 1.48. The Morgan fingerprint density at radius 3 is 2.42 bits per heavy atom. The minimum atomic E-state index is -4.78. The van der Waals surface area contributed by atoms with Crippen molar-refractivity contribution in [3.8, 4) is 0 Å². The minimum Gasteiger partial charge on any atom is -0.756 e. The maximum atomic E-state index is 11.7. The topological polar surface area (TPSA) is 69.6 Å². The van der Waals surface area contributed by atoms with Gasteiger partial charge in [-0.2, -0.15) is 0 Å². The third kappa shape index (κ3) is 6.48. The van der Waals surface area contributed by atoms with Crippen LogP contribution in [-0.2, 0) is 9.09 Å². The molecule has 0 bridgehead atoms. The Bertz CT molecular complexity index is 906. The Kier molecular flexibility index (Phi) is 9.10. The Morgan fingerprint density at radius 2 is 1.79 bits per heavy atom. The zero-order chi connectivity index (χ0) is 28.1. The molecule has 0 aliphatic heterocycles. The van der Waals surface area contributed by atoms with Gasteiger partial charge in [0.15, 0.2) is 0 Å². The predicted octanol–water partition coefficient (Wildman–Crippen LogP) is 7.20. The first-order chi connectivity index (χ1) is 17.5. The van der Waals surface area contributed by atoms with Crippen molar-refractivity contribution < 1.29 is 23.4 Å². The maximum absolute atomic E-state index is 11.7. The van der Waals surface area contributed by atoms with Crippen LogP contribution in [-0.4, -0.2) is 43.2 Å². The van der Waals surface area contributed by atoms with Crippen molar-refractivity contribution in [2.24, 2.45) is 52.3 Å². The van der Waals surface area contributed by atoms with Crippen molar-refractivity contribution in [2.45, 2.75) is 111 Å². The van der Waals surface area contributed by atoms with E-state index in [-0.39, 0.29) is 11.3 Å². The molecule has 0 radical (unpaired) electrons. The first kappa shape index (κ1) is 30.8. The monoisotopic (exact) mass is 551 g/mol. The largest absolute Gasteiger partial charge is 0.756 e. The highest BCUT2D eigenvalue weighted by molar-refractivity contribution is 7.44. The molecule has 220 valence electrons. The normalized spacial score (nSPS) is 40.5. The van der Waals surface area contributed by atoms with Gasteiger partial charge in [-0.1, -0.05) is 65.5 Å². The van der Waals surface area contributed by atoms with Crippen LogP contribution >= 0.6 is 7.82 Å². The molecule has 0 heterocycles. The van der Waals surface area contributed by atoms with Crippen LogP contribution in [0.3, 0.4) is 0 Å². The molecule has 0 aromatic heterocycles. The molecule has 3 fully saturated rings. The molecule has 38 heavy (non-hydrogen) atoms. The average Bonchev–Trinajstić information content (AvgIpc) is 3.13. The maximum Gasteiger partial charge on any atom is 0.265 e. The Morgan fingerprint density at radius 1 is 1.08 bits per heavy atom. The van der Waals surface area contributed by atoms with Crippen LogP contribution in [0.1, 0.15) is 105 Å². The van der Waals surface area contributed by atoms with Crippen LogP contribution in [0, 0.1) is 52.3 Å². The van der Waals surface area contributed by atoms with E-state index in [2.05, 4.69) is 61.8 Å². The summed E-state index contributed by atoms with van der Waals surface area (Å²) in [6.07, 6.45) is 15.9. The van der Waals surface area contributed by atoms with E-state index >= 15 is 0 Å². The third-order valence-corrected chi connectivity index (χ3v) is 12.4. The molecular formula is C32H58NO4P. The molecule has 4 aliphatic rings. The van der Waals surface area contributed by atoms with Crippen molar-refractivity contribution in [2.75, 3.05) is 27.7 Å². The number of rotatable bonds is 10. The highest BCUT2D eigenvalue weighted by atomic mass is 31.2. The average molecular weight is 552 g/mol. The second kappa shape index (κ2) is 11.2. The van der Waals surface area contributed by atoms with Gasteiger partial charge in [0, 0.05) is 0 Å². The molecule has 1 N–H and O–H groups in total. The highest BCUT2D eigenvalue weighted by Crippen LogP contribution is 2.67. The van der Waals surface area contributed by atoms with E-state index in [1.807, 2.05) is 0 Å². The van der Waals surface area contributed by atoms with Gasteiger partial charge in [0.05, 0.1) is 21.1 Å². The van der Waals surface area contributed by atoms with Crippen LogP contribution in [0.15, 0.2) is 11.6 Å². The number of allylic oxidation sites excluding steroid dienone is 2. The van der Waals surface area contributed by atoms with Gasteiger partial charge in [-0.05, 0) is 104 Å². The lowest BCUT2D eigenvalue weighted by molar-refractivity contribution is -0.873. The van der Waals surface area contributed by atoms with Crippen LogP contribution in [0.5, 0.6) is 0 Å². The van der Waals surface area contributed by atoms with Gasteiger partial charge < -0.3 is 18.8 Å².